The molecule has 0 aliphatic rings. The third-order valence-corrected chi connectivity index (χ3v) is 3.29. The Morgan fingerprint density at radius 3 is 2.93 bits per heavy atom. The van der Waals surface area contributed by atoms with Crippen LogP contribution in [-0.2, 0) is 6.54 Å². The van der Waals surface area contributed by atoms with Gasteiger partial charge in [-0.25, -0.2) is 0 Å². The van der Waals surface area contributed by atoms with E-state index in [1.807, 2.05) is 19.2 Å². The molecule has 4 heteroatoms. The smallest absolute Gasteiger partial charge is 0.119 e. The largest absolute Gasteiger partial charge is 0.493 e. The summed E-state index contributed by atoms with van der Waals surface area (Å²) in [6, 6.07) is 6.09. The maximum atomic E-state index is 5.62. The second-order valence-corrected chi connectivity index (χ2v) is 4.96. The van der Waals surface area contributed by atoms with Gasteiger partial charge in [0, 0.05) is 16.8 Å². The molecule has 0 radical (unpaired) electrons. The number of nitrogens with one attached hydrogen (secondary N) is 1. The summed E-state index contributed by atoms with van der Waals surface area (Å²) in [7, 11) is 1.94. The highest BCUT2D eigenvalue weighted by atomic mass is 79.9. The van der Waals surface area contributed by atoms with E-state index in [2.05, 4.69) is 33.6 Å². The van der Waals surface area contributed by atoms with Gasteiger partial charge < -0.3 is 10.1 Å². The molecule has 1 aromatic carbocycles. The molecule has 0 aliphatic carbocycles. The van der Waals surface area contributed by atoms with E-state index in [4.69, 9.17) is 4.74 Å². The van der Waals surface area contributed by atoms with E-state index in [1.54, 1.807) is 11.8 Å². The number of ether oxygens (including phenoxy) is 1. The van der Waals surface area contributed by atoms with Crippen molar-refractivity contribution >= 4 is 27.7 Å². The molecule has 0 saturated heterocycles. The second-order valence-electron chi connectivity index (χ2n) is 3.12. The Bertz CT molecular complexity index is 307. The minimum atomic E-state index is 0.766. The summed E-state index contributed by atoms with van der Waals surface area (Å²) >= 11 is 5.31. The Kier molecular flexibility index (Phi) is 6.13. The van der Waals surface area contributed by atoms with E-state index in [-0.39, 0.29) is 0 Å². The van der Waals surface area contributed by atoms with Crippen LogP contribution in [0.2, 0.25) is 0 Å². The first-order valence-corrected chi connectivity index (χ1v) is 7.01. The highest BCUT2D eigenvalue weighted by molar-refractivity contribution is 9.10. The third-order valence-electron chi connectivity index (χ3n) is 1.94. The summed E-state index contributed by atoms with van der Waals surface area (Å²) < 4.78 is 6.74. The summed E-state index contributed by atoms with van der Waals surface area (Å²) in [5.41, 5.74) is 1.22. The standard InChI is InChI=1S/C11H16BrNOS/c1-13-8-9-7-10(3-4-11(9)12)14-5-6-15-2/h3-4,7,13H,5-6,8H2,1-2H3. The molecule has 0 amide bonds. The van der Waals surface area contributed by atoms with Crippen LogP contribution in [0, 0.1) is 0 Å². The van der Waals surface area contributed by atoms with Crippen molar-refractivity contribution in [2.45, 2.75) is 6.54 Å². The van der Waals surface area contributed by atoms with Gasteiger partial charge in [-0.2, -0.15) is 11.8 Å². The fraction of sp³-hybridized carbons (Fsp3) is 0.455. The van der Waals surface area contributed by atoms with Crippen molar-refractivity contribution in [1.29, 1.82) is 0 Å². The van der Waals surface area contributed by atoms with Gasteiger partial charge in [0.15, 0.2) is 0 Å². The molecule has 0 spiro atoms. The van der Waals surface area contributed by atoms with E-state index in [0.717, 1.165) is 29.1 Å². The first-order chi connectivity index (χ1) is 7.27. The van der Waals surface area contributed by atoms with Crippen molar-refractivity contribution in [2.75, 3.05) is 25.7 Å². The van der Waals surface area contributed by atoms with Crippen molar-refractivity contribution in [3.8, 4) is 5.75 Å². The number of thioether (sulfide) groups is 1. The molecule has 0 aromatic heterocycles. The average Bonchev–Trinajstić information content (AvgIpc) is 2.23. The molecular formula is C11H16BrNOS. The lowest BCUT2D eigenvalue weighted by atomic mass is 10.2. The highest BCUT2D eigenvalue weighted by Gasteiger charge is 2.01. The van der Waals surface area contributed by atoms with Gasteiger partial charge in [0.25, 0.3) is 0 Å². The first-order valence-electron chi connectivity index (χ1n) is 4.82. The SMILES string of the molecule is CNCc1cc(OCCSC)ccc1Br. The quantitative estimate of drug-likeness (QED) is 0.814. The normalized spacial score (nSPS) is 10.3. The van der Waals surface area contributed by atoms with Crippen LogP contribution >= 0.6 is 27.7 Å². The van der Waals surface area contributed by atoms with Crippen molar-refractivity contribution in [2.24, 2.45) is 0 Å². The van der Waals surface area contributed by atoms with Gasteiger partial charge in [0.2, 0.25) is 0 Å². The van der Waals surface area contributed by atoms with Crippen molar-refractivity contribution in [3.05, 3.63) is 28.2 Å². The van der Waals surface area contributed by atoms with Gasteiger partial charge in [0.1, 0.15) is 5.75 Å². The van der Waals surface area contributed by atoms with Gasteiger partial charge in [0.05, 0.1) is 6.61 Å². The molecule has 15 heavy (non-hydrogen) atoms. The molecule has 0 aliphatic heterocycles. The van der Waals surface area contributed by atoms with Crippen LogP contribution < -0.4 is 10.1 Å². The summed E-state index contributed by atoms with van der Waals surface area (Å²) in [5.74, 6) is 1.97. The van der Waals surface area contributed by atoms with Crippen LogP contribution in [0.1, 0.15) is 5.56 Å². The summed E-state index contributed by atoms with van der Waals surface area (Å²) in [6.07, 6.45) is 2.08. The van der Waals surface area contributed by atoms with Crippen molar-refractivity contribution in [3.63, 3.8) is 0 Å². The van der Waals surface area contributed by atoms with Crippen LogP contribution in [0.15, 0.2) is 22.7 Å². The fourth-order valence-corrected chi connectivity index (χ4v) is 1.85. The number of rotatable bonds is 6. The van der Waals surface area contributed by atoms with Gasteiger partial charge in [-0.3, -0.25) is 0 Å². The maximum absolute atomic E-state index is 5.62. The molecule has 0 heterocycles. The lowest BCUT2D eigenvalue weighted by Crippen LogP contribution is -2.06. The second kappa shape index (κ2) is 7.14. The molecule has 1 aromatic rings. The highest BCUT2D eigenvalue weighted by Crippen LogP contribution is 2.22. The van der Waals surface area contributed by atoms with Crippen molar-refractivity contribution < 1.29 is 4.74 Å². The molecular weight excluding hydrogens is 274 g/mol. The van der Waals surface area contributed by atoms with E-state index in [9.17, 15) is 0 Å². The number of hydrogen-bond donors (Lipinski definition) is 1. The topological polar surface area (TPSA) is 21.3 Å². The van der Waals surface area contributed by atoms with Crippen LogP contribution in [0.25, 0.3) is 0 Å². The third kappa shape index (κ3) is 4.45. The summed E-state index contributed by atoms with van der Waals surface area (Å²) in [6.45, 7) is 1.61. The number of hydrogen-bond acceptors (Lipinski definition) is 3. The Morgan fingerprint density at radius 1 is 1.47 bits per heavy atom. The number of halogens is 1. The van der Waals surface area contributed by atoms with Gasteiger partial charge in [-0.1, -0.05) is 15.9 Å². The van der Waals surface area contributed by atoms with E-state index in [1.165, 1.54) is 5.56 Å². The van der Waals surface area contributed by atoms with Gasteiger partial charge in [-0.15, -0.1) is 0 Å². The predicted octanol–water partition coefficient (Wildman–Crippen LogP) is 2.91. The molecule has 1 rings (SSSR count). The fourth-order valence-electron chi connectivity index (χ4n) is 1.21. The molecule has 0 fully saturated rings. The van der Waals surface area contributed by atoms with E-state index >= 15 is 0 Å². The Morgan fingerprint density at radius 2 is 2.27 bits per heavy atom. The predicted molar refractivity (Wildman–Crippen MR) is 70.8 cm³/mol. The molecule has 0 bridgehead atoms. The summed E-state index contributed by atoms with van der Waals surface area (Å²) in [5, 5.41) is 3.13. The average molecular weight is 290 g/mol. The van der Waals surface area contributed by atoms with Crippen LogP contribution in [-0.4, -0.2) is 25.7 Å². The summed E-state index contributed by atoms with van der Waals surface area (Å²) in [4.78, 5) is 0. The first kappa shape index (κ1) is 12.9. The monoisotopic (exact) mass is 289 g/mol. The van der Waals surface area contributed by atoms with Gasteiger partial charge in [-0.05, 0) is 37.1 Å². The Labute approximate surface area is 104 Å². The van der Waals surface area contributed by atoms with Crippen LogP contribution in [0.4, 0.5) is 0 Å². The molecule has 0 atom stereocenters. The lowest BCUT2D eigenvalue weighted by Gasteiger charge is -2.09. The van der Waals surface area contributed by atoms with Crippen molar-refractivity contribution in [1.82, 2.24) is 5.32 Å². The molecule has 0 saturated carbocycles. The zero-order valence-corrected chi connectivity index (χ0v) is 11.5. The number of benzene rings is 1. The maximum Gasteiger partial charge on any atom is 0.119 e. The van der Waals surface area contributed by atoms with Crippen LogP contribution in [0.3, 0.4) is 0 Å². The Balaban J connectivity index is 2.61. The zero-order valence-electron chi connectivity index (χ0n) is 9.05. The molecule has 84 valence electrons. The minimum Gasteiger partial charge on any atom is -0.493 e. The molecule has 2 nitrogen and oxygen atoms in total. The minimum absolute atomic E-state index is 0.766. The van der Waals surface area contributed by atoms with Crippen LogP contribution in [0.5, 0.6) is 5.75 Å². The molecule has 1 N–H and O–H groups in total. The zero-order chi connectivity index (χ0) is 11.1. The molecule has 0 unspecified atom stereocenters. The van der Waals surface area contributed by atoms with E-state index in [0.29, 0.717) is 0 Å². The lowest BCUT2D eigenvalue weighted by molar-refractivity contribution is 0.343. The van der Waals surface area contributed by atoms with Gasteiger partial charge >= 0.3 is 0 Å². The van der Waals surface area contributed by atoms with E-state index < -0.39 is 0 Å². The Hall–Kier alpha value is -0.190.